The first kappa shape index (κ1) is 38.0. The summed E-state index contributed by atoms with van der Waals surface area (Å²) in [5, 5.41) is 1.08. The van der Waals surface area contributed by atoms with Crippen molar-refractivity contribution < 1.29 is 32.3 Å². The van der Waals surface area contributed by atoms with Crippen LogP contribution in [0, 0.1) is 0 Å². The Labute approximate surface area is 314 Å². The lowest BCUT2D eigenvalue weighted by molar-refractivity contribution is -0.136. The minimum absolute atomic E-state index is 0.0445. The van der Waals surface area contributed by atoms with E-state index in [-0.39, 0.29) is 35.8 Å². The first-order chi connectivity index (χ1) is 25.0. The lowest BCUT2D eigenvalue weighted by Crippen LogP contribution is -2.56. The van der Waals surface area contributed by atoms with Crippen molar-refractivity contribution in [3.05, 3.63) is 93.5 Å². The molecule has 52 heavy (non-hydrogen) atoms. The first-order valence-corrected chi connectivity index (χ1v) is 19.3. The third kappa shape index (κ3) is 8.08. The molecular weight excluding hydrogens is 731 g/mol. The first-order valence-electron chi connectivity index (χ1n) is 17.1. The molecule has 3 aliphatic heterocycles. The fourth-order valence-electron chi connectivity index (χ4n) is 6.58. The monoisotopic (exact) mass is 772 g/mol. The fourth-order valence-corrected chi connectivity index (χ4v) is 7.83. The van der Waals surface area contributed by atoms with E-state index in [0.29, 0.717) is 73.8 Å². The van der Waals surface area contributed by atoms with Gasteiger partial charge >= 0.3 is 6.03 Å². The molecule has 0 spiro atoms. The molecule has 3 aromatic carbocycles. The molecule has 3 aliphatic rings. The second kappa shape index (κ2) is 16.5. The summed E-state index contributed by atoms with van der Waals surface area (Å²) in [6, 6.07) is 17.4. The third-order valence-corrected chi connectivity index (χ3v) is 11.6. The SMILES string of the molecule is CCOc1ccc(S(=O)(=O)N(C)OC)cc1C1=N[C@@H](c2ccc(Cl)cc2)[C@@H](c2ccc(Cl)cc2)N1C(=O)N1CCN(CC(=O)N2CCOCC2)CC1. The normalized spacial score (nSPS) is 20.0. The van der Waals surface area contributed by atoms with E-state index in [1.165, 1.54) is 26.3 Å². The number of ether oxygens (including phenoxy) is 2. The second-order valence-corrected chi connectivity index (χ2v) is 15.4. The van der Waals surface area contributed by atoms with Crippen molar-refractivity contribution >= 4 is 51.0 Å². The highest BCUT2D eigenvalue weighted by molar-refractivity contribution is 7.89. The number of nitrogens with zero attached hydrogens (tertiary/aromatic N) is 6. The van der Waals surface area contributed by atoms with Crippen LogP contribution in [-0.4, -0.2) is 130 Å². The summed E-state index contributed by atoms with van der Waals surface area (Å²) in [5.74, 6) is 0.648. The van der Waals surface area contributed by atoms with E-state index >= 15 is 0 Å². The molecule has 0 aromatic heterocycles. The molecule has 0 radical (unpaired) electrons. The highest BCUT2D eigenvalue weighted by atomic mass is 35.5. The van der Waals surface area contributed by atoms with Crippen LogP contribution in [0.3, 0.4) is 0 Å². The van der Waals surface area contributed by atoms with Gasteiger partial charge in [0.05, 0.1) is 50.0 Å². The molecule has 13 nitrogen and oxygen atoms in total. The maximum atomic E-state index is 15.0. The topological polar surface area (TPSA) is 125 Å². The Kier molecular flexibility index (Phi) is 12.1. The van der Waals surface area contributed by atoms with Gasteiger partial charge in [-0.05, 0) is 60.5 Å². The van der Waals surface area contributed by atoms with E-state index < -0.39 is 22.1 Å². The fraction of sp³-hybridized carbons (Fsp3) is 0.417. The van der Waals surface area contributed by atoms with Gasteiger partial charge in [-0.3, -0.25) is 24.4 Å². The smallest absolute Gasteiger partial charge is 0.326 e. The highest BCUT2D eigenvalue weighted by Gasteiger charge is 2.45. The van der Waals surface area contributed by atoms with Crippen molar-refractivity contribution in [1.29, 1.82) is 0 Å². The molecule has 0 aliphatic carbocycles. The van der Waals surface area contributed by atoms with Gasteiger partial charge in [0.15, 0.2) is 0 Å². The molecule has 2 fully saturated rings. The molecule has 0 N–H and O–H groups in total. The van der Waals surface area contributed by atoms with Gasteiger partial charge in [-0.25, -0.2) is 13.2 Å². The number of amides is 3. The number of urea groups is 1. The van der Waals surface area contributed by atoms with Crippen LogP contribution in [0.5, 0.6) is 5.75 Å². The van der Waals surface area contributed by atoms with Gasteiger partial charge in [0, 0.05) is 56.4 Å². The molecule has 0 unspecified atom stereocenters. The van der Waals surface area contributed by atoms with Crippen molar-refractivity contribution in [2.24, 2.45) is 4.99 Å². The number of halogens is 2. The molecule has 3 amide bonds. The maximum absolute atomic E-state index is 15.0. The van der Waals surface area contributed by atoms with Crippen LogP contribution in [0.15, 0.2) is 76.6 Å². The van der Waals surface area contributed by atoms with Crippen molar-refractivity contribution in [2.75, 3.05) is 79.8 Å². The number of hydroxylamine groups is 1. The Morgan fingerprint density at radius 2 is 1.50 bits per heavy atom. The Bertz CT molecular complexity index is 1880. The predicted molar refractivity (Wildman–Crippen MR) is 197 cm³/mol. The number of morpholine rings is 1. The number of rotatable bonds is 10. The van der Waals surface area contributed by atoms with E-state index in [9.17, 15) is 18.0 Å². The van der Waals surface area contributed by atoms with Gasteiger partial charge in [-0.15, -0.1) is 0 Å². The van der Waals surface area contributed by atoms with Crippen molar-refractivity contribution in [3.8, 4) is 5.75 Å². The highest BCUT2D eigenvalue weighted by Crippen LogP contribution is 2.46. The summed E-state index contributed by atoms with van der Waals surface area (Å²) in [4.78, 5) is 45.4. The van der Waals surface area contributed by atoms with Crippen molar-refractivity contribution in [3.63, 3.8) is 0 Å². The van der Waals surface area contributed by atoms with Gasteiger partial charge in [0.2, 0.25) is 5.91 Å². The van der Waals surface area contributed by atoms with Gasteiger partial charge in [0.1, 0.15) is 17.6 Å². The van der Waals surface area contributed by atoms with Crippen LogP contribution in [-0.2, 0) is 24.4 Å². The van der Waals surface area contributed by atoms with Crippen LogP contribution in [0.2, 0.25) is 10.0 Å². The van der Waals surface area contributed by atoms with Crippen LogP contribution < -0.4 is 4.74 Å². The van der Waals surface area contributed by atoms with Crippen molar-refractivity contribution in [2.45, 2.75) is 23.9 Å². The molecule has 16 heteroatoms. The minimum Gasteiger partial charge on any atom is -0.493 e. The molecule has 2 atom stereocenters. The van der Waals surface area contributed by atoms with Gasteiger partial charge in [-0.1, -0.05) is 51.9 Å². The third-order valence-electron chi connectivity index (χ3n) is 9.45. The summed E-state index contributed by atoms with van der Waals surface area (Å²) < 4.78 is 39.1. The molecule has 2 saturated heterocycles. The van der Waals surface area contributed by atoms with Gasteiger partial charge in [0.25, 0.3) is 10.0 Å². The van der Waals surface area contributed by atoms with E-state index in [0.717, 1.165) is 15.6 Å². The predicted octanol–water partition coefficient (Wildman–Crippen LogP) is 4.72. The number of hydrogen-bond acceptors (Lipinski definition) is 9. The minimum atomic E-state index is -4.08. The number of carbonyl (C=O) groups excluding carboxylic acids is 2. The molecule has 0 saturated carbocycles. The molecule has 6 rings (SSSR count). The number of sulfonamides is 1. The molecule has 3 heterocycles. The number of piperazine rings is 1. The van der Waals surface area contributed by atoms with Gasteiger partial charge in [-0.2, -0.15) is 0 Å². The number of benzene rings is 3. The zero-order valence-corrected chi connectivity index (χ0v) is 31.6. The molecular formula is C36H42Cl2N6O7S. The van der Waals surface area contributed by atoms with Crippen molar-refractivity contribution in [1.82, 2.24) is 24.1 Å². The van der Waals surface area contributed by atoms with E-state index in [1.54, 1.807) is 40.1 Å². The molecule has 278 valence electrons. The van der Waals surface area contributed by atoms with E-state index in [2.05, 4.69) is 4.90 Å². The summed E-state index contributed by atoms with van der Waals surface area (Å²) >= 11 is 12.6. The Morgan fingerprint density at radius 1 is 0.885 bits per heavy atom. The van der Waals surface area contributed by atoms with E-state index in [4.69, 9.17) is 42.5 Å². The average Bonchev–Trinajstić information content (AvgIpc) is 3.56. The number of amidine groups is 1. The zero-order valence-electron chi connectivity index (χ0n) is 29.3. The average molecular weight is 774 g/mol. The lowest BCUT2D eigenvalue weighted by Gasteiger charge is -2.39. The van der Waals surface area contributed by atoms with Crippen LogP contribution in [0.1, 0.15) is 35.7 Å². The summed E-state index contributed by atoms with van der Waals surface area (Å²) in [6.45, 7) is 6.29. The Balaban J connectivity index is 1.41. The zero-order chi connectivity index (χ0) is 37.0. The number of hydrogen-bond donors (Lipinski definition) is 0. The maximum Gasteiger partial charge on any atom is 0.326 e. The summed E-state index contributed by atoms with van der Waals surface area (Å²) in [6.07, 6.45) is 0. The molecule has 0 bridgehead atoms. The van der Waals surface area contributed by atoms with Crippen LogP contribution >= 0.6 is 23.2 Å². The summed E-state index contributed by atoms with van der Waals surface area (Å²) in [7, 11) is -1.52. The quantitative estimate of drug-likeness (QED) is 0.272. The Morgan fingerprint density at radius 3 is 2.10 bits per heavy atom. The number of carbonyl (C=O) groups is 2. The lowest BCUT2D eigenvalue weighted by atomic mass is 9.93. The largest absolute Gasteiger partial charge is 0.493 e. The standard InChI is InChI=1S/C36H42Cl2N6O7S/c1-4-51-31-14-13-29(52(47,48)40(2)49-3)23-30(31)35-39-33(25-5-9-27(37)10-6-25)34(26-7-11-28(38)12-8-26)44(35)36(46)43-17-15-41(16-18-43)24-32(45)42-19-21-50-22-20-42/h5-14,23,33-34H,4,15-22,24H2,1-3H3/t33-,34+/m0/s1. The summed E-state index contributed by atoms with van der Waals surface area (Å²) in [5.41, 5.74) is 1.89. The second-order valence-electron chi connectivity index (χ2n) is 12.5. The van der Waals surface area contributed by atoms with Gasteiger partial charge < -0.3 is 19.3 Å². The van der Waals surface area contributed by atoms with E-state index in [1.807, 2.05) is 36.1 Å². The molecule has 3 aromatic rings. The Hall–Kier alpha value is -3.76. The van der Waals surface area contributed by atoms with Crippen LogP contribution in [0.4, 0.5) is 4.79 Å². The number of aliphatic imine (C=N–C) groups is 1. The van der Waals surface area contributed by atoms with Crippen LogP contribution in [0.25, 0.3) is 0 Å².